The van der Waals surface area contributed by atoms with Gasteiger partial charge in [-0.05, 0) is 25.8 Å². The summed E-state index contributed by atoms with van der Waals surface area (Å²) in [6.07, 6.45) is 11.1. The lowest BCUT2D eigenvalue weighted by molar-refractivity contribution is 0.461. The normalized spacial score (nSPS) is 21.8. The molecule has 84 valence electrons. The van der Waals surface area contributed by atoms with E-state index in [9.17, 15) is 4.21 Å². The Morgan fingerprint density at radius 3 is 2.43 bits per heavy atom. The van der Waals surface area contributed by atoms with E-state index in [-0.39, 0.29) is 0 Å². The predicted octanol–water partition coefficient (Wildman–Crippen LogP) is 2.07. The van der Waals surface area contributed by atoms with Crippen LogP contribution in [-0.4, -0.2) is 28.8 Å². The number of hydrogen-bond donors (Lipinski definition) is 1. The van der Waals surface area contributed by atoms with Gasteiger partial charge in [0.25, 0.3) is 0 Å². The lowest BCUT2D eigenvalue weighted by Gasteiger charge is -2.15. The van der Waals surface area contributed by atoms with Crippen molar-refractivity contribution in [1.82, 2.24) is 5.32 Å². The molecule has 1 N–H and O–H groups in total. The van der Waals surface area contributed by atoms with E-state index in [0.29, 0.717) is 0 Å². The Kier molecular flexibility index (Phi) is 6.45. The van der Waals surface area contributed by atoms with E-state index in [4.69, 9.17) is 0 Å². The molecule has 1 atom stereocenters. The summed E-state index contributed by atoms with van der Waals surface area (Å²) in [5.41, 5.74) is 0. The first-order valence-corrected chi connectivity index (χ1v) is 7.55. The van der Waals surface area contributed by atoms with Gasteiger partial charge in [-0.1, -0.05) is 25.7 Å². The third-order valence-corrected chi connectivity index (χ3v) is 3.76. The second-order valence-electron chi connectivity index (χ2n) is 4.27. The minimum atomic E-state index is -0.615. The maximum absolute atomic E-state index is 10.8. The minimum absolute atomic E-state index is 0.615. The zero-order valence-corrected chi connectivity index (χ0v) is 10.1. The highest BCUT2D eigenvalue weighted by molar-refractivity contribution is 7.84. The molecule has 0 spiro atoms. The van der Waals surface area contributed by atoms with E-state index >= 15 is 0 Å². The standard InChI is InChI=1S/C11H23NOS/c1-14(13)10-6-9-12-11-7-4-2-3-5-8-11/h11-12H,2-10H2,1H3. The maximum atomic E-state index is 10.8. The summed E-state index contributed by atoms with van der Waals surface area (Å²) in [6.45, 7) is 1.05. The first-order chi connectivity index (χ1) is 6.79. The fourth-order valence-corrected chi connectivity index (χ4v) is 2.62. The van der Waals surface area contributed by atoms with Gasteiger partial charge in [-0.3, -0.25) is 4.21 Å². The molecule has 14 heavy (non-hydrogen) atoms. The zero-order valence-electron chi connectivity index (χ0n) is 9.26. The van der Waals surface area contributed by atoms with E-state index in [1.54, 1.807) is 6.26 Å². The van der Waals surface area contributed by atoms with Gasteiger partial charge in [0, 0.05) is 28.9 Å². The number of nitrogens with one attached hydrogen (secondary N) is 1. The predicted molar refractivity (Wildman–Crippen MR) is 63.0 cm³/mol. The quantitative estimate of drug-likeness (QED) is 0.564. The van der Waals surface area contributed by atoms with E-state index in [1.807, 2.05) is 0 Å². The van der Waals surface area contributed by atoms with Crippen molar-refractivity contribution >= 4 is 10.8 Å². The second kappa shape index (κ2) is 7.41. The Balaban J connectivity index is 2.01. The molecule has 0 bridgehead atoms. The number of hydrogen-bond acceptors (Lipinski definition) is 2. The van der Waals surface area contributed by atoms with Crippen molar-refractivity contribution in [2.24, 2.45) is 0 Å². The molecule has 1 saturated carbocycles. The van der Waals surface area contributed by atoms with Gasteiger partial charge < -0.3 is 5.32 Å². The van der Waals surface area contributed by atoms with Crippen LogP contribution in [0.15, 0.2) is 0 Å². The molecule has 0 radical (unpaired) electrons. The Labute approximate surface area is 90.3 Å². The van der Waals surface area contributed by atoms with Crippen LogP contribution in [0.4, 0.5) is 0 Å². The largest absolute Gasteiger partial charge is 0.314 e. The molecule has 1 rings (SSSR count). The van der Waals surface area contributed by atoms with E-state index in [2.05, 4.69) is 5.32 Å². The molecule has 1 aliphatic rings. The fourth-order valence-electron chi connectivity index (χ4n) is 2.07. The van der Waals surface area contributed by atoms with E-state index in [1.165, 1.54) is 38.5 Å². The summed E-state index contributed by atoms with van der Waals surface area (Å²) >= 11 is 0. The Morgan fingerprint density at radius 2 is 1.86 bits per heavy atom. The van der Waals surface area contributed by atoms with Gasteiger partial charge in [-0.2, -0.15) is 0 Å². The van der Waals surface area contributed by atoms with Crippen LogP contribution >= 0.6 is 0 Å². The molecular weight excluding hydrogens is 194 g/mol. The summed E-state index contributed by atoms with van der Waals surface area (Å²) in [6, 6.07) is 0.739. The molecule has 2 nitrogen and oxygen atoms in total. The highest BCUT2D eigenvalue weighted by Crippen LogP contribution is 2.16. The smallest absolute Gasteiger partial charge is 0.0244 e. The van der Waals surface area contributed by atoms with Crippen LogP contribution in [0.2, 0.25) is 0 Å². The third kappa shape index (κ3) is 5.76. The Hall–Kier alpha value is 0.110. The average Bonchev–Trinajstić information content (AvgIpc) is 2.40. The van der Waals surface area contributed by atoms with Crippen LogP contribution < -0.4 is 5.32 Å². The lowest BCUT2D eigenvalue weighted by Crippen LogP contribution is -2.29. The molecule has 0 aromatic rings. The topological polar surface area (TPSA) is 29.1 Å². The van der Waals surface area contributed by atoms with Gasteiger partial charge >= 0.3 is 0 Å². The highest BCUT2D eigenvalue weighted by atomic mass is 32.2. The van der Waals surface area contributed by atoms with Crippen molar-refractivity contribution in [3.8, 4) is 0 Å². The highest BCUT2D eigenvalue weighted by Gasteiger charge is 2.10. The van der Waals surface area contributed by atoms with Crippen LogP contribution in [0.5, 0.6) is 0 Å². The second-order valence-corrected chi connectivity index (χ2v) is 5.83. The van der Waals surface area contributed by atoms with Crippen molar-refractivity contribution < 1.29 is 4.21 Å². The molecule has 0 aromatic carbocycles. The first-order valence-electron chi connectivity index (χ1n) is 5.82. The molecule has 0 amide bonds. The summed E-state index contributed by atoms with van der Waals surface area (Å²) < 4.78 is 10.8. The molecular formula is C11H23NOS. The molecule has 1 fully saturated rings. The van der Waals surface area contributed by atoms with Gasteiger partial charge in [0.05, 0.1) is 0 Å². The first kappa shape index (κ1) is 12.2. The monoisotopic (exact) mass is 217 g/mol. The van der Waals surface area contributed by atoms with Crippen LogP contribution in [0.25, 0.3) is 0 Å². The van der Waals surface area contributed by atoms with Crippen molar-refractivity contribution in [1.29, 1.82) is 0 Å². The SMILES string of the molecule is CS(=O)CCCNC1CCCCCC1. The van der Waals surface area contributed by atoms with Gasteiger partial charge in [0.1, 0.15) is 0 Å². The van der Waals surface area contributed by atoms with Crippen molar-refractivity contribution in [2.75, 3.05) is 18.6 Å². The summed E-state index contributed by atoms with van der Waals surface area (Å²) in [4.78, 5) is 0. The fraction of sp³-hybridized carbons (Fsp3) is 1.00. The molecule has 1 aliphatic carbocycles. The van der Waals surface area contributed by atoms with Crippen molar-refractivity contribution in [3.05, 3.63) is 0 Å². The maximum Gasteiger partial charge on any atom is 0.0244 e. The average molecular weight is 217 g/mol. The van der Waals surface area contributed by atoms with Gasteiger partial charge in [-0.15, -0.1) is 0 Å². The van der Waals surface area contributed by atoms with Crippen LogP contribution in [0, 0.1) is 0 Å². The number of rotatable bonds is 5. The van der Waals surface area contributed by atoms with E-state index in [0.717, 1.165) is 24.8 Å². The van der Waals surface area contributed by atoms with Crippen molar-refractivity contribution in [3.63, 3.8) is 0 Å². The van der Waals surface area contributed by atoms with Gasteiger partial charge in [-0.25, -0.2) is 0 Å². The van der Waals surface area contributed by atoms with E-state index < -0.39 is 10.8 Å². The summed E-state index contributed by atoms with van der Waals surface area (Å²) in [7, 11) is -0.615. The molecule has 0 heterocycles. The molecule has 0 saturated heterocycles. The summed E-state index contributed by atoms with van der Waals surface area (Å²) in [5, 5.41) is 3.58. The van der Waals surface area contributed by atoms with Crippen molar-refractivity contribution in [2.45, 2.75) is 51.0 Å². The molecule has 1 unspecified atom stereocenters. The van der Waals surface area contributed by atoms with Crippen LogP contribution in [0.3, 0.4) is 0 Å². The molecule has 0 aromatic heterocycles. The molecule has 3 heteroatoms. The zero-order chi connectivity index (χ0) is 10.2. The lowest BCUT2D eigenvalue weighted by atomic mass is 10.1. The van der Waals surface area contributed by atoms with Gasteiger partial charge in [0.2, 0.25) is 0 Å². The Bertz CT molecular complexity index is 165. The summed E-state index contributed by atoms with van der Waals surface area (Å²) in [5.74, 6) is 0.847. The van der Waals surface area contributed by atoms with Gasteiger partial charge in [0.15, 0.2) is 0 Å². The van der Waals surface area contributed by atoms with Crippen LogP contribution in [0.1, 0.15) is 44.9 Å². The third-order valence-electron chi connectivity index (χ3n) is 2.90. The molecule has 0 aliphatic heterocycles. The Morgan fingerprint density at radius 1 is 1.21 bits per heavy atom. The van der Waals surface area contributed by atoms with Crippen LogP contribution in [-0.2, 0) is 10.8 Å². The minimum Gasteiger partial charge on any atom is -0.314 e.